The Kier molecular flexibility index (Phi) is 6.03. The van der Waals surface area contributed by atoms with E-state index in [2.05, 4.69) is 109 Å². The molecule has 3 nitrogen and oxygen atoms in total. The van der Waals surface area contributed by atoms with E-state index in [4.69, 9.17) is 26.6 Å². The highest BCUT2D eigenvalue weighted by Gasteiger charge is 2.20. The zero-order valence-corrected chi connectivity index (χ0v) is 23.9. The van der Waals surface area contributed by atoms with Crippen LogP contribution in [0.1, 0.15) is 0 Å². The van der Waals surface area contributed by atoms with Gasteiger partial charge in [0, 0.05) is 36.9 Å². The van der Waals surface area contributed by atoms with Crippen LogP contribution in [-0.4, -0.2) is 15.0 Å². The molecule has 0 atom stereocenters. The summed E-state index contributed by atoms with van der Waals surface area (Å²) in [5.41, 5.74) is 4.98. The second-order valence-electron chi connectivity index (χ2n) is 10.2. The molecule has 42 heavy (non-hydrogen) atoms. The smallest absolute Gasteiger partial charge is 0.166 e. The van der Waals surface area contributed by atoms with Crippen LogP contribution in [-0.2, 0) is 0 Å². The monoisotopic (exact) mass is 575 g/mol. The van der Waals surface area contributed by atoms with Crippen molar-refractivity contribution in [3.05, 3.63) is 138 Å². The van der Waals surface area contributed by atoms with Crippen LogP contribution in [0.15, 0.2) is 133 Å². The van der Waals surface area contributed by atoms with Gasteiger partial charge in [0.2, 0.25) is 0 Å². The lowest BCUT2D eigenvalue weighted by atomic mass is 10.0. The van der Waals surface area contributed by atoms with Gasteiger partial charge in [0.15, 0.2) is 17.5 Å². The molecule has 0 N–H and O–H groups in total. The largest absolute Gasteiger partial charge is 0.208 e. The quantitative estimate of drug-likeness (QED) is 0.209. The molecule has 0 amide bonds. The van der Waals surface area contributed by atoms with Crippen molar-refractivity contribution in [1.29, 1.82) is 0 Å². The highest BCUT2D eigenvalue weighted by molar-refractivity contribution is 7.26. The van der Waals surface area contributed by atoms with Gasteiger partial charge in [-0.2, -0.15) is 0 Å². The number of fused-ring (bicyclic) bond motifs is 4. The van der Waals surface area contributed by atoms with Gasteiger partial charge in [-0.1, -0.05) is 121 Å². The van der Waals surface area contributed by atoms with E-state index < -0.39 is 0 Å². The van der Waals surface area contributed by atoms with Gasteiger partial charge in [-0.15, -0.1) is 11.3 Å². The minimum absolute atomic E-state index is 0.564. The van der Waals surface area contributed by atoms with Gasteiger partial charge < -0.3 is 0 Å². The van der Waals surface area contributed by atoms with Crippen LogP contribution in [0.25, 0.3) is 76.2 Å². The van der Waals surface area contributed by atoms with Crippen LogP contribution < -0.4 is 0 Å². The lowest BCUT2D eigenvalue weighted by molar-refractivity contribution is 1.08. The Balaban J connectivity index is 1.36. The van der Waals surface area contributed by atoms with Crippen molar-refractivity contribution in [3.8, 4) is 45.3 Å². The molecule has 2 aromatic heterocycles. The van der Waals surface area contributed by atoms with Crippen LogP contribution >= 0.6 is 22.9 Å². The van der Waals surface area contributed by atoms with Crippen molar-refractivity contribution in [2.45, 2.75) is 0 Å². The normalized spacial score (nSPS) is 11.5. The molecule has 8 rings (SSSR count). The number of hydrogen-bond acceptors (Lipinski definition) is 4. The third kappa shape index (κ3) is 4.33. The highest BCUT2D eigenvalue weighted by Crippen LogP contribution is 2.43. The van der Waals surface area contributed by atoms with E-state index in [0.717, 1.165) is 43.1 Å². The van der Waals surface area contributed by atoms with Gasteiger partial charge >= 0.3 is 0 Å². The third-order valence-electron chi connectivity index (χ3n) is 7.61. The Labute approximate surface area is 251 Å². The second-order valence-corrected chi connectivity index (χ2v) is 11.7. The molecular formula is C37H22ClN3S. The van der Waals surface area contributed by atoms with E-state index in [0.29, 0.717) is 22.5 Å². The summed E-state index contributed by atoms with van der Waals surface area (Å²) in [6.07, 6.45) is 0. The fourth-order valence-corrected chi connectivity index (χ4v) is 6.88. The van der Waals surface area contributed by atoms with E-state index >= 15 is 0 Å². The van der Waals surface area contributed by atoms with Crippen molar-refractivity contribution in [2.24, 2.45) is 0 Å². The average molecular weight is 576 g/mol. The molecule has 0 bridgehead atoms. The number of nitrogens with zero attached hydrogens (tertiary/aromatic N) is 3. The first-order valence-electron chi connectivity index (χ1n) is 13.7. The molecule has 198 valence electrons. The summed E-state index contributed by atoms with van der Waals surface area (Å²) in [6.45, 7) is 0. The fourth-order valence-electron chi connectivity index (χ4n) is 5.53. The molecule has 0 unspecified atom stereocenters. The van der Waals surface area contributed by atoms with Crippen molar-refractivity contribution in [2.75, 3.05) is 0 Å². The highest BCUT2D eigenvalue weighted by atomic mass is 35.5. The maximum atomic E-state index is 6.96. The zero-order valence-electron chi connectivity index (χ0n) is 22.3. The molecule has 0 aliphatic carbocycles. The van der Waals surface area contributed by atoms with Crippen molar-refractivity contribution < 1.29 is 0 Å². The number of hydrogen-bond donors (Lipinski definition) is 0. The summed E-state index contributed by atoms with van der Waals surface area (Å²) in [7, 11) is 0. The maximum Gasteiger partial charge on any atom is 0.166 e. The maximum absolute atomic E-state index is 6.96. The summed E-state index contributed by atoms with van der Waals surface area (Å²) in [6, 6.07) is 45.8. The molecule has 2 heterocycles. The Hall–Kier alpha value is -4.90. The average Bonchev–Trinajstić information content (AvgIpc) is 3.43. The SMILES string of the molecule is Clc1ccc2sc3ccccc3c2c1-c1nc(-c2ccc(-c3ccccc3)cc2)nc(-c2ccc3ccccc3c2)n1. The molecule has 0 saturated carbocycles. The van der Waals surface area contributed by atoms with E-state index in [-0.39, 0.29) is 0 Å². The van der Waals surface area contributed by atoms with Gasteiger partial charge in [0.05, 0.1) is 5.02 Å². The Morgan fingerprint density at radius 3 is 1.90 bits per heavy atom. The lowest BCUT2D eigenvalue weighted by Crippen LogP contribution is -2.01. The summed E-state index contributed by atoms with van der Waals surface area (Å²) in [5, 5.41) is 5.15. The van der Waals surface area contributed by atoms with E-state index in [1.165, 1.54) is 15.6 Å². The number of thiophene rings is 1. The second kappa shape index (κ2) is 10.2. The first-order valence-corrected chi connectivity index (χ1v) is 14.9. The number of rotatable bonds is 4. The number of aromatic nitrogens is 3. The van der Waals surface area contributed by atoms with Crippen LogP contribution in [0.5, 0.6) is 0 Å². The standard InChI is InChI=1S/C37H22ClN3S/c38-30-20-21-32-33(29-12-6-7-13-31(29)42-32)34(30)37-40-35(26-17-14-25(15-18-26)23-8-2-1-3-9-23)39-36(41-37)28-19-16-24-10-4-5-11-27(24)22-28/h1-22H. The topological polar surface area (TPSA) is 38.7 Å². The minimum atomic E-state index is 0.564. The Morgan fingerprint density at radius 1 is 0.452 bits per heavy atom. The van der Waals surface area contributed by atoms with Gasteiger partial charge in [0.25, 0.3) is 0 Å². The van der Waals surface area contributed by atoms with Crippen molar-refractivity contribution in [3.63, 3.8) is 0 Å². The zero-order chi connectivity index (χ0) is 28.0. The lowest BCUT2D eigenvalue weighted by Gasteiger charge is -2.11. The summed E-state index contributed by atoms with van der Waals surface area (Å²) >= 11 is 8.71. The molecule has 0 fully saturated rings. The number of benzene rings is 6. The van der Waals surface area contributed by atoms with Gasteiger partial charge in [-0.3, -0.25) is 0 Å². The van der Waals surface area contributed by atoms with E-state index in [1.54, 1.807) is 11.3 Å². The molecule has 0 aliphatic heterocycles. The Morgan fingerprint density at radius 2 is 1.07 bits per heavy atom. The summed E-state index contributed by atoms with van der Waals surface area (Å²) in [5.74, 6) is 1.78. The van der Waals surface area contributed by atoms with Crippen LogP contribution in [0, 0.1) is 0 Å². The van der Waals surface area contributed by atoms with Gasteiger partial charge in [-0.05, 0) is 46.2 Å². The van der Waals surface area contributed by atoms with Crippen molar-refractivity contribution in [1.82, 2.24) is 15.0 Å². The van der Waals surface area contributed by atoms with Gasteiger partial charge in [0.1, 0.15) is 0 Å². The number of halogens is 1. The van der Waals surface area contributed by atoms with Crippen LogP contribution in [0.2, 0.25) is 5.02 Å². The van der Waals surface area contributed by atoms with Crippen LogP contribution in [0.4, 0.5) is 0 Å². The molecule has 8 aromatic rings. The Bertz CT molecular complexity index is 2260. The molecule has 0 saturated heterocycles. The minimum Gasteiger partial charge on any atom is -0.208 e. The van der Waals surface area contributed by atoms with E-state index in [1.807, 2.05) is 24.3 Å². The fraction of sp³-hybridized carbons (Fsp3) is 0. The molecule has 0 aliphatic rings. The first-order chi connectivity index (χ1) is 20.7. The first kappa shape index (κ1) is 24.9. The molecule has 6 aromatic carbocycles. The molecule has 0 spiro atoms. The summed E-state index contributed by atoms with van der Waals surface area (Å²) < 4.78 is 2.36. The van der Waals surface area contributed by atoms with E-state index in [9.17, 15) is 0 Å². The summed E-state index contributed by atoms with van der Waals surface area (Å²) in [4.78, 5) is 15.1. The predicted octanol–water partition coefficient (Wildman–Crippen LogP) is 10.7. The molecule has 5 heteroatoms. The van der Waals surface area contributed by atoms with Crippen molar-refractivity contribution >= 4 is 53.9 Å². The predicted molar refractivity (Wildman–Crippen MR) is 177 cm³/mol. The van der Waals surface area contributed by atoms with Gasteiger partial charge in [-0.25, -0.2) is 15.0 Å². The third-order valence-corrected chi connectivity index (χ3v) is 9.06. The van der Waals surface area contributed by atoms with Crippen LogP contribution in [0.3, 0.4) is 0 Å². The molecular weight excluding hydrogens is 554 g/mol. The molecule has 0 radical (unpaired) electrons.